The zero-order chi connectivity index (χ0) is 17.0. The molecule has 6 heteroatoms. The van der Waals surface area contributed by atoms with E-state index in [1.807, 2.05) is 19.9 Å². The van der Waals surface area contributed by atoms with Gasteiger partial charge in [-0.1, -0.05) is 25.4 Å². The molecule has 0 bridgehead atoms. The second kappa shape index (κ2) is 7.42. The number of fused-ring (bicyclic) bond motifs is 1. The number of pyridine rings is 3. The molecule has 120 valence electrons. The number of hydrogen-bond donors (Lipinski definition) is 0. The summed E-state index contributed by atoms with van der Waals surface area (Å²) >= 11 is 6.04. The van der Waals surface area contributed by atoms with Gasteiger partial charge in [-0.2, -0.15) is 0 Å². The highest BCUT2D eigenvalue weighted by molar-refractivity contribution is 6.34. The second-order valence-corrected chi connectivity index (χ2v) is 4.95. The van der Waals surface area contributed by atoms with Crippen molar-refractivity contribution in [1.29, 1.82) is 0 Å². The number of aryl methyl sites for hydroxylation is 1. The van der Waals surface area contributed by atoms with Gasteiger partial charge in [-0.3, -0.25) is 9.97 Å². The molecular weight excluding hydrogens is 320 g/mol. The average molecular weight is 336 g/mol. The Morgan fingerprint density at radius 2 is 1.83 bits per heavy atom. The van der Waals surface area contributed by atoms with Crippen LogP contribution >= 0.6 is 11.6 Å². The standard InChI is InChI=1S/C15H10ClF2N3.C2H6/c1-8-5-12(20-6-10(8)15(17)18)11-7-21-14(16)9-3-2-4-19-13(9)11;1-2/h2-7,15H,1H3;1-2H3. The molecule has 0 aliphatic heterocycles. The van der Waals surface area contributed by atoms with Crippen LogP contribution in [0.25, 0.3) is 22.2 Å². The maximum absolute atomic E-state index is 12.8. The van der Waals surface area contributed by atoms with E-state index >= 15 is 0 Å². The highest BCUT2D eigenvalue weighted by Crippen LogP contribution is 2.31. The Kier molecular flexibility index (Phi) is 5.55. The molecule has 3 aromatic heterocycles. The highest BCUT2D eigenvalue weighted by Gasteiger charge is 2.14. The number of aromatic nitrogens is 3. The molecule has 3 rings (SSSR count). The molecule has 3 nitrogen and oxygen atoms in total. The summed E-state index contributed by atoms with van der Waals surface area (Å²) in [7, 11) is 0. The van der Waals surface area contributed by atoms with Crippen LogP contribution in [0, 0.1) is 6.92 Å². The number of hydrogen-bond acceptors (Lipinski definition) is 3. The maximum atomic E-state index is 12.8. The van der Waals surface area contributed by atoms with Gasteiger partial charge >= 0.3 is 0 Å². The van der Waals surface area contributed by atoms with Crippen molar-refractivity contribution in [2.45, 2.75) is 27.2 Å². The molecule has 0 spiro atoms. The van der Waals surface area contributed by atoms with E-state index in [1.165, 1.54) is 6.20 Å². The van der Waals surface area contributed by atoms with Crippen molar-refractivity contribution in [1.82, 2.24) is 15.0 Å². The second-order valence-electron chi connectivity index (χ2n) is 4.59. The summed E-state index contributed by atoms with van der Waals surface area (Å²) in [5, 5.41) is 1.05. The van der Waals surface area contributed by atoms with E-state index in [-0.39, 0.29) is 5.56 Å². The van der Waals surface area contributed by atoms with Crippen LogP contribution in [0.1, 0.15) is 31.4 Å². The first kappa shape index (κ1) is 17.2. The Hall–Kier alpha value is -2.14. The van der Waals surface area contributed by atoms with Crippen molar-refractivity contribution in [2.24, 2.45) is 0 Å². The van der Waals surface area contributed by atoms with Crippen molar-refractivity contribution in [3.05, 3.63) is 53.1 Å². The Labute approximate surface area is 138 Å². The van der Waals surface area contributed by atoms with Crippen LogP contribution in [0.15, 0.2) is 36.8 Å². The smallest absolute Gasteiger partial charge is 0.256 e. The number of nitrogens with zero attached hydrogens (tertiary/aromatic N) is 3. The summed E-state index contributed by atoms with van der Waals surface area (Å²) in [4.78, 5) is 12.5. The minimum Gasteiger partial charge on any atom is -0.256 e. The maximum Gasteiger partial charge on any atom is 0.265 e. The highest BCUT2D eigenvalue weighted by atomic mass is 35.5. The molecule has 0 aliphatic rings. The lowest BCUT2D eigenvalue weighted by Gasteiger charge is -2.09. The first-order valence-corrected chi connectivity index (χ1v) is 7.60. The Morgan fingerprint density at radius 1 is 1.09 bits per heavy atom. The zero-order valence-corrected chi connectivity index (χ0v) is 13.8. The Balaban J connectivity index is 0.000000924. The van der Waals surface area contributed by atoms with E-state index in [4.69, 9.17) is 11.6 Å². The van der Waals surface area contributed by atoms with Crippen molar-refractivity contribution < 1.29 is 8.78 Å². The molecule has 3 heterocycles. The molecule has 0 saturated carbocycles. The van der Waals surface area contributed by atoms with Crippen molar-refractivity contribution in [3.63, 3.8) is 0 Å². The quantitative estimate of drug-likeness (QED) is 0.571. The molecule has 0 saturated heterocycles. The first-order valence-electron chi connectivity index (χ1n) is 7.22. The van der Waals surface area contributed by atoms with Gasteiger partial charge in [0.15, 0.2) is 0 Å². The van der Waals surface area contributed by atoms with Gasteiger partial charge in [-0.05, 0) is 30.7 Å². The summed E-state index contributed by atoms with van der Waals surface area (Å²) in [6, 6.07) is 5.18. The van der Waals surface area contributed by atoms with Crippen LogP contribution in [-0.4, -0.2) is 15.0 Å². The van der Waals surface area contributed by atoms with Crippen molar-refractivity contribution in [2.75, 3.05) is 0 Å². The Morgan fingerprint density at radius 3 is 2.48 bits per heavy atom. The van der Waals surface area contributed by atoms with Gasteiger partial charge in [0.25, 0.3) is 6.43 Å². The fourth-order valence-electron chi connectivity index (χ4n) is 2.17. The molecule has 0 atom stereocenters. The fourth-order valence-corrected chi connectivity index (χ4v) is 2.37. The average Bonchev–Trinajstić information content (AvgIpc) is 2.57. The van der Waals surface area contributed by atoms with Crippen LogP contribution in [0.5, 0.6) is 0 Å². The number of halogens is 3. The third kappa shape index (κ3) is 3.45. The zero-order valence-electron chi connectivity index (χ0n) is 13.0. The summed E-state index contributed by atoms with van der Waals surface area (Å²) in [5.74, 6) is 0. The molecule has 3 aromatic rings. The Bertz CT molecular complexity index is 822. The van der Waals surface area contributed by atoms with Crippen LogP contribution in [0.4, 0.5) is 8.78 Å². The van der Waals surface area contributed by atoms with E-state index < -0.39 is 6.43 Å². The van der Waals surface area contributed by atoms with Gasteiger partial charge < -0.3 is 0 Å². The molecule has 0 unspecified atom stereocenters. The van der Waals surface area contributed by atoms with Crippen LogP contribution in [0.3, 0.4) is 0 Å². The lowest BCUT2D eigenvalue weighted by Crippen LogP contribution is -1.95. The molecule has 0 aliphatic carbocycles. The van der Waals surface area contributed by atoms with Gasteiger partial charge in [0.05, 0.1) is 11.2 Å². The summed E-state index contributed by atoms with van der Waals surface area (Å²) in [6.45, 7) is 5.63. The predicted octanol–water partition coefficient (Wildman–Crippen LogP) is 5.62. The van der Waals surface area contributed by atoms with Crippen molar-refractivity contribution in [3.8, 4) is 11.3 Å². The van der Waals surface area contributed by atoms with E-state index in [9.17, 15) is 8.78 Å². The minimum atomic E-state index is -2.54. The van der Waals surface area contributed by atoms with Crippen LogP contribution < -0.4 is 0 Å². The minimum absolute atomic E-state index is 0.0714. The molecular formula is C17H16ClF2N3. The molecule has 23 heavy (non-hydrogen) atoms. The SMILES string of the molecule is CC.Cc1cc(-c2cnc(Cl)c3cccnc23)ncc1C(F)F. The third-order valence-corrected chi connectivity index (χ3v) is 3.56. The van der Waals surface area contributed by atoms with E-state index in [0.29, 0.717) is 32.9 Å². The van der Waals surface area contributed by atoms with Gasteiger partial charge in [0.2, 0.25) is 0 Å². The lowest BCUT2D eigenvalue weighted by atomic mass is 10.1. The largest absolute Gasteiger partial charge is 0.265 e. The lowest BCUT2D eigenvalue weighted by molar-refractivity contribution is 0.150. The fraction of sp³-hybridized carbons (Fsp3) is 0.235. The third-order valence-electron chi connectivity index (χ3n) is 3.25. The number of alkyl halides is 2. The normalized spacial score (nSPS) is 10.6. The van der Waals surface area contributed by atoms with E-state index in [1.54, 1.807) is 31.5 Å². The molecule has 0 aromatic carbocycles. The summed E-state index contributed by atoms with van der Waals surface area (Å²) < 4.78 is 25.6. The van der Waals surface area contributed by atoms with E-state index in [2.05, 4.69) is 15.0 Å². The van der Waals surface area contributed by atoms with E-state index in [0.717, 1.165) is 0 Å². The van der Waals surface area contributed by atoms with Gasteiger partial charge in [-0.15, -0.1) is 0 Å². The predicted molar refractivity (Wildman–Crippen MR) is 88.8 cm³/mol. The van der Waals surface area contributed by atoms with Gasteiger partial charge in [-0.25, -0.2) is 13.8 Å². The van der Waals surface area contributed by atoms with Crippen LogP contribution in [-0.2, 0) is 0 Å². The summed E-state index contributed by atoms with van der Waals surface area (Å²) in [5.41, 5.74) is 2.27. The molecule has 0 N–H and O–H groups in total. The molecule has 0 radical (unpaired) electrons. The van der Waals surface area contributed by atoms with Crippen LogP contribution in [0.2, 0.25) is 5.15 Å². The first-order chi connectivity index (χ1) is 11.1. The van der Waals surface area contributed by atoms with Crippen molar-refractivity contribution >= 4 is 22.5 Å². The topological polar surface area (TPSA) is 38.7 Å². The molecule has 0 amide bonds. The summed E-state index contributed by atoms with van der Waals surface area (Å²) in [6.07, 6.45) is 1.85. The van der Waals surface area contributed by atoms with Gasteiger partial charge in [0.1, 0.15) is 5.15 Å². The monoisotopic (exact) mass is 335 g/mol. The molecule has 0 fully saturated rings. The van der Waals surface area contributed by atoms with Gasteiger partial charge in [0, 0.05) is 35.1 Å². The number of rotatable bonds is 2.